The lowest BCUT2D eigenvalue weighted by molar-refractivity contribution is 0.244. The highest BCUT2D eigenvalue weighted by Gasteiger charge is 2.19. The summed E-state index contributed by atoms with van der Waals surface area (Å²) in [5.74, 6) is 1.39. The molecule has 0 saturated carbocycles. The summed E-state index contributed by atoms with van der Waals surface area (Å²) in [5.41, 5.74) is 8.22. The Hall–Kier alpha value is -3.71. The molecule has 7 nitrogen and oxygen atoms in total. The summed E-state index contributed by atoms with van der Waals surface area (Å²) in [6.07, 6.45) is 0. The van der Waals surface area contributed by atoms with Gasteiger partial charge in [0.05, 0.1) is 6.54 Å². The smallest absolute Gasteiger partial charge is 0.232 e. The third-order valence-electron chi connectivity index (χ3n) is 5.59. The van der Waals surface area contributed by atoms with Crippen LogP contribution in [-0.2, 0) is 6.54 Å². The molecule has 0 unspecified atom stereocenters. The fourth-order valence-corrected chi connectivity index (χ4v) is 4.02. The van der Waals surface area contributed by atoms with Crippen LogP contribution in [0.2, 0.25) is 0 Å². The minimum Gasteiger partial charge on any atom is -0.369 e. The lowest BCUT2D eigenvalue weighted by Gasteiger charge is -2.35. The number of hydrogen-bond acceptors (Lipinski definition) is 7. The zero-order valence-electron chi connectivity index (χ0n) is 17.3. The van der Waals surface area contributed by atoms with Crippen LogP contribution in [0.5, 0.6) is 0 Å². The zero-order chi connectivity index (χ0) is 21.0. The van der Waals surface area contributed by atoms with Gasteiger partial charge in [-0.15, -0.1) is 0 Å². The maximum atomic E-state index is 6.00. The minimum atomic E-state index is 0.232. The van der Waals surface area contributed by atoms with Crippen LogP contribution in [-0.4, -0.2) is 46.0 Å². The number of nitrogens with zero attached hydrogens (tertiary/aromatic N) is 5. The molecule has 0 bridgehead atoms. The number of para-hydroxylation sites is 1. The highest BCUT2D eigenvalue weighted by Crippen LogP contribution is 2.25. The molecule has 2 heterocycles. The fraction of sp³-hybridized carbons (Fsp3) is 0.208. The second-order valence-electron chi connectivity index (χ2n) is 7.68. The van der Waals surface area contributed by atoms with E-state index in [2.05, 4.69) is 78.6 Å². The van der Waals surface area contributed by atoms with Gasteiger partial charge in [0.1, 0.15) is 5.82 Å². The molecule has 156 valence electrons. The van der Waals surface area contributed by atoms with Gasteiger partial charge in [-0.25, -0.2) is 0 Å². The molecule has 31 heavy (non-hydrogen) atoms. The van der Waals surface area contributed by atoms with E-state index in [1.807, 2.05) is 24.3 Å². The molecule has 5 rings (SSSR count). The van der Waals surface area contributed by atoms with Gasteiger partial charge in [0, 0.05) is 42.9 Å². The molecule has 3 N–H and O–H groups in total. The Bertz CT molecular complexity index is 1170. The third kappa shape index (κ3) is 4.41. The second kappa shape index (κ2) is 8.57. The Labute approximate surface area is 181 Å². The lowest BCUT2D eigenvalue weighted by atomic mass is 10.1. The van der Waals surface area contributed by atoms with E-state index in [9.17, 15) is 0 Å². The van der Waals surface area contributed by atoms with Crippen molar-refractivity contribution in [2.24, 2.45) is 0 Å². The van der Waals surface area contributed by atoms with E-state index in [0.717, 1.165) is 42.6 Å². The van der Waals surface area contributed by atoms with Crippen molar-refractivity contribution in [1.29, 1.82) is 0 Å². The minimum absolute atomic E-state index is 0.232. The van der Waals surface area contributed by atoms with E-state index < -0.39 is 0 Å². The van der Waals surface area contributed by atoms with Gasteiger partial charge in [-0.3, -0.25) is 4.90 Å². The largest absolute Gasteiger partial charge is 0.369 e. The summed E-state index contributed by atoms with van der Waals surface area (Å²) in [6, 6.07) is 24.9. The van der Waals surface area contributed by atoms with Crippen molar-refractivity contribution < 1.29 is 0 Å². The van der Waals surface area contributed by atoms with Gasteiger partial charge in [0.2, 0.25) is 11.9 Å². The van der Waals surface area contributed by atoms with E-state index in [4.69, 9.17) is 5.73 Å². The van der Waals surface area contributed by atoms with Crippen LogP contribution in [0, 0.1) is 0 Å². The van der Waals surface area contributed by atoms with Crippen LogP contribution in [0.1, 0.15) is 5.82 Å². The molecule has 3 aromatic carbocycles. The molecule has 1 aliphatic heterocycles. The van der Waals surface area contributed by atoms with Gasteiger partial charge in [-0.1, -0.05) is 54.6 Å². The zero-order valence-corrected chi connectivity index (χ0v) is 17.3. The van der Waals surface area contributed by atoms with Crippen molar-refractivity contribution in [3.05, 3.63) is 78.6 Å². The highest BCUT2D eigenvalue weighted by atomic mass is 15.3. The van der Waals surface area contributed by atoms with Gasteiger partial charge >= 0.3 is 0 Å². The standard InChI is InChI=1S/C24H25N7/c25-23-27-22(17-30-13-15-31(16-14-30)19-9-2-1-3-10-19)28-24(29-23)26-21-12-6-8-18-7-4-5-11-20(18)21/h1-12H,13-17H2,(H3,25,26,27,28,29). The number of nitrogen functional groups attached to an aromatic ring is 1. The summed E-state index contributed by atoms with van der Waals surface area (Å²) in [6.45, 7) is 4.51. The molecule has 0 amide bonds. The first-order valence-electron chi connectivity index (χ1n) is 10.5. The Morgan fingerprint density at radius 2 is 1.52 bits per heavy atom. The molecule has 0 radical (unpaired) electrons. The molecule has 0 aliphatic carbocycles. The molecule has 1 saturated heterocycles. The van der Waals surface area contributed by atoms with Gasteiger partial charge < -0.3 is 16.0 Å². The SMILES string of the molecule is Nc1nc(CN2CCN(c3ccccc3)CC2)nc(Nc2cccc3ccccc23)n1. The number of rotatable bonds is 5. The van der Waals surface area contributed by atoms with Crippen molar-refractivity contribution in [1.82, 2.24) is 19.9 Å². The average Bonchev–Trinajstić information content (AvgIpc) is 2.80. The third-order valence-corrected chi connectivity index (χ3v) is 5.59. The van der Waals surface area contributed by atoms with Gasteiger partial charge in [-0.2, -0.15) is 15.0 Å². The molecular weight excluding hydrogens is 386 g/mol. The van der Waals surface area contributed by atoms with E-state index in [1.165, 1.54) is 5.69 Å². The predicted molar refractivity (Wildman–Crippen MR) is 125 cm³/mol. The number of fused-ring (bicyclic) bond motifs is 1. The number of benzene rings is 3. The molecule has 4 aromatic rings. The molecule has 1 aromatic heterocycles. The summed E-state index contributed by atoms with van der Waals surface area (Å²) >= 11 is 0. The Morgan fingerprint density at radius 1 is 0.774 bits per heavy atom. The van der Waals surface area contributed by atoms with Crippen LogP contribution in [0.15, 0.2) is 72.8 Å². The summed E-state index contributed by atoms with van der Waals surface area (Å²) in [4.78, 5) is 18.1. The first-order chi connectivity index (χ1) is 15.2. The number of anilines is 4. The lowest BCUT2D eigenvalue weighted by Crippen LogP contribution is -2.46. The van der Waals surface area contributed by atoms with Crippen molar-refractivity contribution in [3.8, 4) is 0 Å². The Kier molecular flexibility index (Phi) is 5.33. The maximum absolute atomic E-state index is 6.00. The van der Waals surface area contributed by atoms with Gasteiger partial charge in [0.25, 0.3) is 0 Å². The summed E-state index contributed by atoms with van der Waals surface area (Å²) < 4.78 is 0. The van der Waals surface area contributed by atoms with Crippen LogP contribution >= 0.6 is 0 Å². The number of hydrogen-bond donors (Lipinski definition) is 2. The van der Waals surface area contributed by atoms with E-state index in [1.54, 1.807) is 0 Å². The summed E-state index contributed by atoms with van der Waals surface area (Å²) in [7, 11) is 0. The number of piperazine rings is 1. The summed E-state index contributed by atoms with van der Waals surface area (Å²) in [5, 5.41) is 5.60. The van der Waals surface area contributed by atoms with Gasteiger partial charge in [-0.05, 0) is 23.6 Å². The molecule has 1 aliphatic rings. The fourth-order valence-electron chi connectivity index (χ4n) is 4.02. The number of nitrogens with two attached hydrogens (primary N) is 1. The average molecular weight is 412 g/mol. The van der Waals surface area contributed by atoms with E-state index in [-0.39, 0.29) is 5.95 Å². The van der Waals surface area contributed by atoms with Gasteiger partial charge in [0.15, 0.2) is 0 Å². The topological polar surface area (TPSA) is 83.2 Å². The van der Waals surface area contributed by atoms with Crippen molar-refractivity contribution in [3.63, 3.8) is 0 Å². The van der Waals surface area contributed by atoms with E-state index >= 15 is 0 Å². The molecular formula is C24H25N7. The molecule has 0 spiro atoms. The Morgan fingerprint density at radius 3 is 2.35 bits per heavy atom. The molecule has 0 atom stereocenters. The Balaban J connectivity index is 1.28. The number of aromatic nitrogens is 3. The van der Waals surface area contributed by atoms with Crippen molar-refractivity contribution in [2.45, 2.75) is 6.54 Å². The maximum Gasteiger partial charge on any atom is 0.232 e. The first-order valence-corrected chi connectivity index (χ1v) is 10.5. The molecule has 7 heteroatoms. The van der Waals surface area contributed by atoms with Crippen LogP contribution in [0.4, 0.5) is 23.3 Å². The monoisotopic (exact) mass is 411 g/mol. The number of nitrogens with one attached hydrogen (secondary N) is 1. The van der Waals surface area contributed by atoms with Crippen molar-refractivity contribution in [2.75, 3.05) is 42.1 Å². The van der Waals surface area contributed by atoms with Crippen LogP contribution in [0.3, 0.4) is 0 Å². The predicted octanol–water partition coefficient (Wildman–Crippen LogP) is 3.67. The van der Waals surface area contributed by atoms with Crippen LogP contribution in [0.25, 0.3) is 10.8 Å². The van der Waals surface area contributed by atoms with E-state index in [0.29, 0.717) is 18.3 Å². The molecule has 1 fully saturated rings. The van der Waals surface area contributed by atoms with Crippen molar-refractivity contribution >= 4 is 34.0 Å². The highest BCUT2D eigenvalue weighted by molar-refractivity contribution is 5.94. The quantitative estimate of drug-likeness (QED) is 0.518. The normalized spacial score (nSPS) is 14.6. The second-order valence-corrected chi connectivity index (χ2v) is 7.68. The van der Waals surface area contributed by atoms with Crippen LogP contribution < -0.4 is 16.0 Å². The first kappa shape index (κ1) is 19.3.